The van der Waals surface area contributed by atoms with E-state index in [2.05, 4.69) is 13.8 Å². The van der Waals surface area contributed by atoms with Gasteiger partial charge in [0.05, 0.1) is 18.3 Å². The molecule has 0 saturated heterocycles. The molecule has 0 heterocycles. The van der Waals surface area contributed by atoms with Crippen molar-refractivity contribution < 1.29 is 15.3 Å². The second-order valence-electron chi connectivity index (χ2n) is 10.4. The molecule has 4 heteroatoms. The van der Waals surface area contributed by atoms with Crippen molar-refractivity contribution >= 4 is 0 Å². The monoisotopic (exact) mass is 351 g/mol. The van der Waals surface area contributed by atoms with Crippen molar-refractivity contribution in [3.05, 3.63) is 0 Å². The molecular weight excluding hydrogens is 314 g/mol. The summed E-state index contributed by atoms with van der Waals surface area (Å²) in [5, 5.41) is 31.8. The largest absolute Gasteiger partial charge is 0.393 e. The van der Waals surface area contributed by atoms with Gasteiger partial charge in [-0.15, -0.1) is 0 Å². The maximum atomic E-state index is 11.3. The average molecular weight is 352 g/mol. The minimum Gasteiger partial charge on any atom is -0.393 e. The van der Waals surface area contributed by atoms with Crippen LogP contribution in [-0.2, 0) is 0 Å². The summed E-state index contributed by atoms with van der Waals surface area (Å²) in [6.07, 6.45) is 6.77. The van der Waals surface area contributed by atoms with Gasteiger partial charge in [-0.1, -0.05) is 13.8 Å². The summed E-state index contributed by atoms with van der Waals surface area (Å²) in [6.45, 7) is 6.42. The lowest BCUT2D eigenvalue weighted by molar-refractivity contribution is -0.187. The van der Waals surface area contributed by atoms with Crippen molar-refractivity contribution in [2.45, 2.75) is 96.0 Å². The smallest absolute Gasteiger partial charge is 0.0618 e. The molecule has 144 valence electrons. The maximum absolute atomic E-state index is 11.3. The summed E-state index contributed by atoms with van der Waals surface area (Å²) in [7, 11) is 0. The third-order valence-electron chi connectivity index (χ3n) is 9.72. The molecule has 4 aliphatic rings. The third-order valence-corrected chi connectivity index (χ3v) is 9.72. The van der Waals surface area contributed by atoms with Crippen LogP contribution in [0, 0.1) is 34.5 Å². The summed E-state index contributed by atoms with van der Waals surface area (Å²) in [4.78, 5) is 0. The normalized spacial score (nSPS) is 59.6. The molecule has 4 fully saturated rings. The van der Waals surface area contributed by atoms with E-state index in [9.17, 15) is 15.3 Å². The minimum atomic E-state index is -0.441. The molecule has 0 aromatic carbocycles. The molecule has 0 bridgehead atoms. The zero-order valence-electron chi connectivity index (χ0n) is 16.1. The first-order valence-corrected chi connectivity index (χ1v) is 10.5. The quantitative estimate of drug-likeness (QED) is 0.584. The van der Waals surface area contributed by atoms with Crippen LogP contribution in [0.1, 0.15) is 72.1 Å². The van der Waals surface area contributed by atoms with Crippen molar-refractivity contribution in [3.63, 3.8) is 0 Å². The molecule has 0 spiro atoms. The molecule has 10 atom stereocenters. The van der Waals surface area contributed by atoms with Crippen molar-refractivity contribution in [2.24, 2.45) is 40.2 Å². The minimum absolute atomic E-state index is 0.0900. The predicted molar refractivity (Wildman–Crippen MR) is 97.7 cm³/mol. The van der Waals surface area contributed by atoms with E-state index in [0.717, 1.165) is 51.4 Å². The van der Waals surface area contributed by atoms with Crippen LogP contribution in [0.4, 0.5) is 0 Å². The first kappa shape index (κ1) is 18.2. The number of aliphatic hydroxyl groups is 3. The Bertz CT molecular complexity index is 539. The second-order valence-corrected chi connectivity index (χ2v) is 10.4. The van der Waals surface area contributed by atoms with Crippen LogP contribution in [0.3, 0.4) is 0 Å². The van der Waals surface area contributed by atoms with E-state index in [1.807, 2.05) is 6.92 Å². The van der Waals surface area contributed by atoms with Gasteiger partial charge in [0.15, 0.2) is 0 Å². The van der Waals surface area contributed by atoms with E-state index in [1.54, 1.807) is 0 Å². The Kier molecular flexibility index (Phi) is 4.13. The van der Waals surface area contributed by atoms with Crippen LogP contribution >= 0.6 is 0 Å². The first-order valence-electron chi connectivity index (χ1n) is 10.5. The Morgan fingerprint density at radius 3 is 2.36 bits per heavy atom. The summed E-state index contributed by atoms with van der Waals surface area (Å²) in [5.41, 5.74) is 6.59. The topological polar surface area (TPSA) is 86.7 Å². The van der Waals surface area contributed by atoms with Crippen LogP contribution < -0.4 is 5.73 Å². The van der Waals surface area contributed by atoms with Gasteiger partial charge in [-0.2, -0.15) is 0 Å². The van der Waals surface area contributed by atoms with Gasteiger partial charge in [-0.3, -0.25) is 0 Å². The van der Waals surface area contributed by atoms with Crippen molar-refractivity contribution in [1.29, 1.82) is 0 Å². The number of fused-ring (bicyclic) bond motifs is 5. The lowest BCUT2D eigenvalue weighted by Crippen LogP contribution is -2.71. The molecule has 5 N–H and O–H groups in total. The summed E-state index contributed by atoms with van der Waals surface area (Å²) < 4.78 is 0. The fraction of sp³-hybridized carbons (Fsp3) is 1.00. The SMILES string of the molecule is CC(O)[C@H]1CC[C@]2(N)[C@@H]3CC[C@@H]4C[C@@H](O)CC[C@]4(C)[C@H]3C[C@@H](O)[C@]12C. The lowest BCUT2D eigenvalue weighted by atomic mass is 9.42. The van der Waals surface area contributed by atoms with Gasteiger partial charge < -0.3 is 21.1 Å². The molecule has 4 rings (SSSR count). The van der Waals surface area contributed by atoms with Crippen LogP contribution in [0.15, 0.2) is 0 Å². The van der Waals surface area contributed by atoms with E-state index in [0.29, 0.717) is 17.8 Å². The molecule has 1 unspecified atom stereocenters. The van der Waals surface area contributed by atoms with Crippen LogP contribution in [-0.4, -0.2) is 39.2 Å². The molecule has 4 nitrogen and oxygen atoms in total. The highest BCUT2D eigenvalue weighted by molar-refractivity contribution is 5.22. The Balaban J connectivity index is 1.71. The van der Waals surface area contributed by atoms with Crippen LogP contribution in [0.2, 0.25) is 0 Å². The predicted octanol–water partition coefficient (Wildman–Crippen LogP) is 2.44. The number of hydrogen-bond donors (Lipinski definition) is 4. The van der Waals surface area contributed by atoms with Crippen molar-refractivity contribution in [1.82, 2.24) is 0 Å². The standard InChI is InChI=1S/C21H37NO3/c1-12(23)15-7-9-21(22)16-5-4-13-10-14(24)6-8-19(13,2)17(16)11-18(25)20(15,21)3/h12-18,23-25H,4-11,22H2,1-3H3/t12?,13-,14+,15-,16-,17+,18-,19+,20+,21+/m1/s1. The van der Waals surface area contributed by atoms with Gasteiger partial charge in [-0.05, 0) is 87.4 Å². The number of aliphatic hydroxyl groups excluding tert-OH is 3. The molecule has 0 amide bonds. The zero-order valence-corrected chi connectivity index (χ0v) is 16.1. The van der Waals surface area contributed by atoms with Gasteiger partial charge >= 0.3 is 0 Å². The van der Waals surface area contributed by atoms with Crippen molar-refractivity contribution in [2.75, 3.05) is 0 Å². The highest BCUT2D eigenvalue weighted by Gasteiger charge is 2.69. The van der Waals surface area contributed by atoms with Gasteiger partial charge in [0.1, 0.15) is 0 Å². The Labute approximate surface area is 152 Å². The van der Waals surface area contributed by atoms with E-state index < -0.39 is 12.2 Å². The molecule has 4 aliphatic carbocycles. The molecule has 4 saturated carbocycles. The Morgan fingerprint density at radius 2 is 1.68 bits per heavy atom. The van der Waals surface area contributed by atoms with Crippen molar-refractivity contribution in [3.8, 4) is 0 Å². The molecule has 0 aromatic rings. The highest BCUT2D eigenvalue weighted by Crippen LogP contribution is 2.68. The molecule has 0 aromatic heterocycles. The number of rotatable bonds is 1. The van der Waals surface area contributed by atoms with Crippen LogP contribution in [0.25, 0.3) is 0 Å². The Morgan fingerprint density at radius 1 is 0.960 bits per heavy atom. The highest BCUT2D eigenvalue weighted by atomic mass is 16.3. The average Bonchev–Trinajstić information content (AvgIpc) is 2.83. The van der Waals surface area contributed by atoms with Gasteiger partial charge in [-0.25, -0.2) is 0 Å². The first-order chi connectivity index (χ1) is 11.6. The van der Waals surface area contributed by atoms with Gasteiger partial charge in [0.25, 0.3) is 0 Å². The van der Waals surface area contributed by atoms with E-state index >= 15 is 0 Å². The lowest BCUT2D eigenvalue weighted by Gasteiger charge is -2.65. The van der Waals surface area contributed by atoms with E-state index in [1.165, 1.54) is 0 Å². The van der Waals surface area contributed by atoms with E-state index in [-0.39, 0.29) is 28.4 Å². The van der Waals surface area contributed by atoms with Gasteiger partial charge in [0, 0.05) is 11.0 Å². The van der Waals surface area contributed by atoms with Gasteiger partial charge in [0.2, 0.25) is 0 Å². The zero-order chi connectivity index (χ0) is 18.2. The second kappa shape index (κ2) is 5.67. The van der Waals surface area contributed by atoms with E-state index in [4.69, 9.17) is 5.73 Å². The Hall–Kier alpha value is -0.160. The molecule has 0 radical (unpaired) electrons. The summed E-state index contributed by atoms with van der Waals surface area (Å²) >= 11 is 0. The number of nitrogens with two attached hydrogens (primary N) is 1. The van der Waals surface area contributed by atoms with Crippen LogP contribution in [0.5, 0.6) is 0 Å². The summed E-state index contributed by atoms with van der Waals surface area (Å²) in [6, 6.07) is 0. The maximum Gasteiger partial charge on any atom is 0.0618 e. The fourth-order valence-corrected chi connectivity index (χ4v) is 8.10. The third kappa shape index (κ3) is 2.20. The molecular formula is C21H37NO3. The molecule has 25 heavy (non-hydrogen) atoms. The summed E-state index contributed by atoms with van der Waals surface area (Å²) in [5.74, 6) is 1.53. The fourth-order valence-electron chi connectivity index (χ4n) is 8.10. The molecule has 0 aliphatic heterocycles. The number of hydrogen-bond acceptors (Lipinski definition) is 4.